The molecule has 0 spiro atoms. The summed E-state index contributed by atoms with van der Waals surface area (Å²) in [5.74, 6) is -0.319. The average Bonchev–Trinajstić information content (AvgIpc) is 2.54. The van der Waals surface area contributed by atoms with Crippen LogP contribution in [0, 0.1) is 6.92 Å². The van der Waals surface area contributed by atoms with Crippen LogP contribution in [0.4, 0.5) is 5.69 Å². The van der Waals surface area contributed by atoms with Gasteiger partial charge < -0.3 is 16.2 Å². The molecule has 0 radical (unpaired) electrons. The highest BCUT2D eigenvalue weighted by atomic mass is 16.3. The number of nitrogens with zero attached hydrogens (tertiary/aromatic N) is 2. The second-order valence-corrected chi connectivity index (χ2v) is 5.02. The predicted octanol–water partition coefficient (Wildman–Crippen LogP) is 0.683. The summed E-state index contributed by atoms with van der Waals surface area (Å²) in [5, 5.41) is 16.6. The summed E-state index contributed by atoms with van der Waals surface area (Å²) in [6.07, 6.45) is -0.665. The molecular weight excluding hydrogens is 232 g/mol. The summed E-state index contributed by atoms with van der Waals surface area (Å²) in [5.41, 5.74) is 6.52. The lowest BCUT2D eigenvalue weighted by Gasteiger charge is -2.29. The van der Waals surface area contributed by atoms with Gasteiger partial charge in [0.1, 0.15) is 5.69 Å². The van der Waals surface area contributed by atoms with Crippen LogP contribution in [0.3, 0.4) is 0 Å². The number of nitrogens with one attached hydrogen (secondary N) is 1. The lowest BCUT2D eigenvalue weighted by molar-refractivity contribution is 0.0701. The fraction of sp³-hybridized carbons (Fsp3) is 0.667. The van der Waals surface area contributed by atoms with Gasteiger partial charge in [0.25, 0.3) is 5.91 Å². The number of nitrogens with two attached hydrogens (primary N) is 1. The fourth-order valence-electron chi connectivity index (χ4n) is 1.52. The van der Waals surface area contributed by atoms with E-state index in [2.05, 4.69) is 10.4 Å². The number of amides is 1. The molecule has 0 aliphatic carbocycles. The van der Waals surface area contributed by atoms with Gasteiger partial charge in [-0.25, -0.2) is 0 Å². The first-order valence-corrected chi connectivity index (χ1v) is 6.04. The number of anilines is 1. The van der Waals surface area contributed by atoms with Gasteiger partial charge in [0.05, 0.1) is 23.0 Å². The van der Waals surface area contributed by atoms with Gasteiger partial charge in [-0.15, -0.1) is 0 Å². The topological polar surface area (TPSA) is 93.2 Å². The van der Waals surface area contributed by atoms with Crippen molar-refractivity contribution in [3.8, 4) is 0 Å². The summed E-state index contributed by atoms with van der Waals surface area (Å²) < 4.78 is 1.57. The average molecular weight is 254 g/mol. The molecule has 18 heavy (non-hydrogen) atoms. The van der Waals surface area contributed by atoms with Crippen LogP contribution in [0.2, 0.25) is 0 Å². The van der Waals surface area contributed by atoms with Crippen molar-refractivity contribution in [2.75, 3.05) is 5.73 Å². The maximum absolute atomic E-state index is 12.2. The van der Waals surface area contributed by atoms with Crippen molar-refractivity contribution in [1.82, 2.24) is 15.1 Å². The predicted molar refractivity (Wildman–Crippen MR) is 70.3 cm³/mol. The number of nitrogen functional groups attached to an aromatic ring is 1. The molecular formula is C12H22N4O2. The summed E-state index contributed by atoms with van der Waals surface area (Å²) in [4.78, 5) is 12.2. The highest BCUT2D eigenvalue weighted by Crippen LogP contribution is 2.18. The van der Waals surface area contributed by atoms with Crippen molar-refractivity contribution >= 4 is 11.6 Å². The quantitative estimate of drug-likeness (QED) is 0.736. The maximum atomic E-state index is 12.2. The third-order valence-corrected chi connectivity index (χ3v) is 3.17. The highest BCUT2D eigenvalue weighted by molar-refractivity contribution is 5.98. The van der Waals surface area contributed by atoms with Crippen molar-refractivity contribution < 1.29 is 9.90 Å². The number of aliphatic hydroxyl groups is 1. The molecule has 0 aliphatic rings. The van der Waals surface area contributed by atoms with E-state index >= 15 is 0 Å². The number of carbonyl (C=O) groups is 1. The van der Waals surface area contributed by atoms with Gasteiger partial charge in [-0.05, 0) is 34.6 Å². The van der Waals surface area contributed by atoms with Crippen molar-refractivity contribution in [1.29, 1.82) is 0 Å². The Balaban J connectivity index is 3.05. The molecule has 0 bridgehead atoms. The van der Waals surface area contributed by atoms with Crippen molar-refractivity contribution in [2.45, 2.75) is 52.8 Å². The Morgan fingerprint density at radius 3 is 2.61 bits per heavy atom. The molecule has 1 atom stereocenters. The zero-order chi connectivity index (χ0) is 14.1. The zero-order valence-corrected chi connectivity index (χ0v) is 11.6. The van der Waals surface area contributed by atoms with Gasteiger partial charge in [0.15, 0.2) is 0 Å². The van der Waals surface area contributed by atoms with Crippen molar-refractivity contribution in [2.24, 2.45) is 0 Å². The first-order valence-electron chi connectivity index (χ1n) is 6.04. The number of aliphatic hydroxyl groups excluding tert-OH is 1. The third kappa shape index (κ3) is 2.64. The first kappa shape index (κ1) is 14.5. The molecule has 0 saturated heterocycles. The summed E-state index contributed by atoms with van der Waals surface area (Å²) in [6, 6.07) is 0. The van der Waals surface area contributed by atoms with Gasteiger partial charge in [-0.3, -0.25) is 9.48 Å². The van der Waals surface area contributed by atoms with E-state index in [-0.39, 0.29) is 5.91 Å². The molecule has 4 N–H and O–H groups in total. The Hall–Kier alpha value is -1.56. The zero-order valence-electron chi connectivity index (χ0n) is 11.6. The van der Waals surface area contributed by atoms with Crippen LogP contribution in [0.1, 0.15) is 43.9 Å². The number of aromatic nitrogens is 2. The molecule has 1 amide bonds. The van der Waals surface area contributed by atoms with Crippen LogP contribution in [0.25, 0.3) is 0 Å². The molecule has 1 aromatic rings. The Labute approximate surface area is 107 Å². The van der Waals surface area contributed by atoms with Crippen LogP contribution in [-0.4, -0.2) is 32.4 Å². The molecule has 102 valence electrons. The normalized spacial score (nSPS) is 13.4. The van der Waals surface area contributed by atoms with Crippen LogP contribution < -0.4 is 11.1 Å². The minimum absolute atomic E-state index is 0.319. The SMILES string of the molecule is CCn1nc(C)c(N)c1C(=O)NC(C)(C)C(C)O. The molecule has 0 aromatic carbocycles. The molecule has 1 heterocycles. The van der Waals surface area contributed by atoms with Gasteiger partial charge >= 0.3 is 0 Å². The number of aryl methyl sites for hydroxylation is 2. The van der Waals surface area contributed by atoms with Crippen LogP contribution >= 0.6 is 0 Å². The van der Waals surface area contributed by atoms with E-state index in [4.69, 9.17) is 5.73 Å². The monoisotopic (exact) mass is 254 g/mol. The number of rotatable bonds is 4. The van der Waals surface area contributed by atoms with E-state index in [9.17, 15) is 9.90 Å². The van der Waals surface area contributed by atoms with Crippen LogP contribution in [0.5, 0.6) is 0 Å². The van der Waals surface area contributed by atoms with Gasteiger partial charge in [0.2, 0.25) is 0 Å². The number of hydrogen-bond donors (Lipinski definition) is 3. The maximum Gasteiger partial charge on any atom is 0.272 e. The Bertz CT molecular complexity index is 449. The van der Waals surface area contributed by atoms with E-state index in [1.807, 2.05) is 6.92 Å². The summed E-state index contributed by atoms with van der Waals surface area (Å²) in [6.45, 7) is 9.36. The Morgan fingerprint density at radius 1 is 1.61 bits per heavy atom. The van der Waals surface area contributed by atoms with Gasteiger partial charge in [-0.2, -0.15) is 5.10 Å². The van der Waals surface area contributed by atoms with Crippen LogP contribution in [0.15, 0.2) is 0 Å². The first-order chi connectivity index (χ1) is 8.20. The van der Waals surface area contributed by atoms with Gasteiger partial charge in [0, 0.05) is 6.54 Å². The molecule has 1 unspecified atom stereocenters. The second kappa shape index (κ2) is 4.97. The smallest absolute Gasteiger partial charge is 0.272 e. The number of hydrogen-bond acceptors (Lipinski definition) is 4. The third-order valence-electron chi connectivity index (χ3n) is 3.17. The summed E-state index contributed by atoms with van der Waals surface area (Å²) >= 11 is 0. The van der Waals surface area contributed by atoms with E-state index in [1.54, 1.807) is 32.4 Å². The van der Waals surface area contributed by atoms with E-state index in [1.165, 1.54) is 0 Å². The number of carbonyl (C=O) groups excluding carboxylic acids is 1. The molecule has 6 nitrogen and oxygen atoms in total. The minimum Gasteiger partial charge on any atom is -0.395 e. The van der Waals surface area contributed by atoms with Crippen molar-refractivity contribution in [3.63, 3.8) is 0 Å². The van der Waals surface area contributed by atoms with Crippen molar-refractivity contribution in [3.05, 3.63) is 11.4 Å². The fourth-order valence-corrected chi connectivity index (χ4v) is 1.52. The van der Waals surface area contributed by atoms with Crippen LogP contribution in [-0.2, 0) is 6.54 Å². The molecule has 0 saturated carbocycles. The van der Waals surface area contributed by atoms with Gasteiger partial charge in [-0.1, -0.05) is 0 Å². The highest BCUT2D eigenvalue weighted by Gasteiger charge is 2.29. The second-order valence-electron chi connectivity index (χ2n) is 5.02. The van der Waals surface area contributed by atoms with E-state index in [0.29, 0.717) is 23.6 Å². The molecule has 0 fully saturated rings. The largest absolute Gasteiger partial charge is 0.395 e. The Morgan fingerprint density at radius 2 is 2.17 bits per heavy atom. The standard InChI is InChI=1S/C12H22N4O2/c1-6-16-10(9(13)7(2)15-16)11(18)14-12(4,5)8(3)17/h8,17H,6,13H2,1-5H3,(H,14,18). The Kier molecular flexibility index (Phi) is 4.01. The molecule has 0 aliphatic heterocycles. The molecule has 6 heteroatoms. The molecule has 1 rings (SSSR count). The van der Waals surface area contributed by atoms with E-state index in [0.717, 1.165) is 0 Å². The molecule has 1 aromatic heterocycles. The van der Waals surface area contributed by atoms with E-state index < -0.39 is 11.6 Å². The summed E-state index contributed by atoms with van der Waals surface area (Å²) in [7, 11) is 0. The minimum atomic E-state index is -0.722. The lowest BCUT2D eigenvalue weighted by Crippen LogP contribution is -2.51. The lowest BCUT2D eigenvalue weighted by atomic mass is 9.98.